The van der Waals surface area contributed by atoms with E-state index in [0.29, 0.717) is 0 Å². The van der Waals surface area contributed by atoms with Gasteiger partial charge in [0.1, 0.15) is 0 Å². The third-order valence-corrected chi connectivity index (χ3v) is 3.39. The third kappa shape index (κ3) is 5.73. The SMILES string of the molecule is CN(Cc1[c-]cccc1)C1CCCCC1.[Br-].[Mg+2]. The van der Waals surface area contributed by atoms with Crippen LogP contribution in [0.2, 0.25) is 0 Å². The van der Waals surface area contributed by atoms with Gasteiger partial charge in [-0.2, -0.15) is 30.3 Å². The van der Waals surface area contributed by atoms with E-state index in [0.717, 1.165) is 12.6 Å². The fourth-order valence-corrected chi connectivity index (χ4v) is 2.45. The Morgan fingerprint density at radius 1 is 1.24 bits per heavy atom. The molecule has 90 valence electrons. The van der Waals surface area contributed by atoms with E-state index >= 15 is 0 Å². The summed E-state index contributed by atoms with van der Waals surface area (Å²) in [6.07, 6.45) is 7.01. The number of benzene rings is 1. The maximum absolute atomic E-state index is 3.30. The first kappa shape index (κ1) is 17.4. The molecule has 0 saturated heterocycles. The Morgan fingerprint density at radius 2 is 1.94 bits per heavy atom. The minimum absolute atomic E-state index is 0. The monoisotopic (exact) mass is 305 g/mol. The molecule has 0 heterocycles. The molecule has 17 heavy (non-hydrogen) atoms. The second-order valence-electron chi connectivity index (χ2n) is 4.59. The van der Waals surface area contributed by atoms with Crippen LogP contribution in [-0.2, 0) is 6.54 Å². The van der Waals surface area contributed by atoms with Crippen molar-refractivity contribution in [2.75, 3.05) is 7.05 Å². The molecule has 1 aromatic rings. The average Bonchev–Trinajstić information content (AvgIpc) is 2.31. The van der Waals surface area contributed by atoms with Crippen LogP contribution in [0.5, 0.6) is 0 Å². The van der Waals surface area contributed by atoms with E-state index in [4.69, 9.17) is 0 Å². The maximum atomic E-state index is 3.30. The van der Waals surface area contributed by atoms with Crippen LogP contribution < -0.4 is 17.0 Å². The van der Waals surface area contributed by atoms with Gasteiger partial charge in [0.15, 0.2) is 0 Å². The van der Waals surface area contributed by atoms with E-state index in [1.807, 2.05) is 12.1 Å². The van der Waals surface area contributed by atoms with Crippen LogP contribution in [0, 0.1) is 6.07 Å². The number of halogens is 1. The second-order valence-corrected chi connectivity index (χ2v) is 4.59. The Morgan fingerprint density at radius 3 is 2.53 bits per heavy atom. The first-order valence-corrected chi connectivity index (χ1v) is 6.02. The van der Waals surface area contributed by atoms with Gasteiger partial charge in [0.05, 0.1) is 0 Å². The first-order valence-electron chi connectivity index (χ1n) is 6.02. The molecule has 0 N–H and O–H groups in total. The van der Waals surface area contributed by atoms with Gasteiger partial charge in [-0.15, -0.1) is 5.56 Å². The Hall–Kier alpha value is 0.426. The Balaban J connectivity index is 0.00000128. The zero-order chi connectivity index (χ0) is 10.5. The zero-order valence-corrected chi connectivity index (χ0v) is 13.7. The molecule has 0 amide bonds. The van der Waals surface area contributed by atoms with E-state index in [1.165, 1.54) is 37.7 Å². The molecule has 1 aliphatic carbocycles. The fourth-order valence-electron chi connectivity index (χ4n) is 2.45. The molecular weight excluding hydrogens is 286 g/mol. The van der Waals surface area contributed by atoms with Crippen molar-refractivity contribution in [2.45, 2.75) is 44.7 Å². The Kier molecular flexibility index (Phi) is 9.60. The summed E-state index contributed by atoms with van der Waals surface area (Å²) >= 11 is 0. The van der Waals surface area contributed by atoms with Crippen LogP contribution in [0.4, 0.5) is 0 Å². The molecule has 0 unspecified atom stereocenters. The van der Waals surface area contributed by atoms with Gasteiger partial charge >= 0.3 is 23.1 Å². The molecule has 0 atom stereocenters. The van der Waals surface area contributed by atoms with Crippen molar-refractivity contribution in [1.29, 1.82) is 0 Å². The molecule has 1 saturated carbocycles. The van der Waals surface area contributed by atoms with Crippen molar-refractivity contribution < 1.29 is 17.0 Å². The minimum Gasteiger partial charge on any atom is -1.00 e. The molecule has 1 aromatic carbocycles. The quantitative estimate of drug-likeness (QED) is 0.556. The van der Waals surface area contributed by atoms with Crippen LogP contribution in [0.3, 0.4) is 0 Å². The number of rotatable bonds is 3. The van der Waals surface area contributed by atoms with Crippen LogP contribution in [0.15, 0.2) is 24.3 Å². The Labute approximate surface area is 132 Å². The van der Waals surface area contributed by atoms with Crippen molar-refractivity contribution in [3.8, 4) is 0 Å². The molecule has 1 fully saturated rings. The second kappa shape index (κ2) is 9.37. The van der Waals surface area contributed by atoms with E-state index < -0.39 is 0 Å². The molecular formula is C14H20BrMgN. The summed E-state index contributed by atoms with van der Waals surface area (Å²) in [7, 11) is 2.25. The summed E-state index contributed by atoms with van der Waals surface area (Å²) in [5, 5.41) is 0. The van der Waals surface area contributed by atoms with E-state index in [9.17, 15) is 0 Å². The number of nitrogens with zero attached hydrogens (tertiary/aromatic N) is 1. The van der Waals surface area contributed by atoms with Crippen molar-refractivity contribution in [3.05, 3.63) is 35.9 Å². The van der Waals surface area contributed by atoms with Crippen LogP contribution in [0.25, 0.3) is 0 Å². The fraction of sp³-hybridized carbons (Fsp3) is 0.571. The van der Waals surface area contributed by atoms with Gasteiger partial charge in [0.2, 0.25) is 0 Å². The van der Waals surface area contributed by atoms with Gasteiger partial charge in [-0.25, -0.2) is 0 Å². The molecule has 1 aliphatic rings. The summed E-state index contributed by atoms with van der Waals surface area (Å²) in [6.45, 7) is 1.05. The molecule has 0 radical (unpaired) electrons. The van der Waals surface area contributed by atoms with Gasteiger partial charge < -0.3 is 21.9 Å². The van der Waals surface area contributed by atoms with Crippen molar-refractivity contribution in [1.82, 2.24) is 4.90 Å². The van der Waals surface area contributed by atoms with E-state index in [1.54, 1.807) is 0 Å². The normalized spacial score (nSPS) is 16.1. The molecule has 3 heteroatoms. The van der Waals surface area contributed by atoms with Crippen LogP contribution >= 0.6 is 0 Å². The first-order chi connectivity index (χ1) is 7.36. The zero-order valence-electron chi connectivity index (χ0n) is 10.7. The molecule has 0 spiro atoms. The molecule has 0 aliphatic heterocycles. The number of hydrogen-bond acceptors (Lipinski definition) is 1. The molecule has 0 aromatic heterocycles. The average molecular weight is 307 g/mol. The predicted octanol–water partition coefficient (Wildman–Crippen LogP) is -0.126. The summed E-state index contributed by atoms with van der Waals surface area (Å²) < 4.78 is 0. The molecule has 0 bridgehead atoms. The molecule has 2 rings (SSSR count). The van der Waals surface area contributed by atoms with Crippen molar-refractivity contribution in [2.24, 2.45) is 0 Å². The van der Waals surface area contributed by atoms with E-state index in [-0.39, 0.29) is 40.0 Å². The van der Waals surface area contributed by atoms with Crippen LogP contribution in [-0.4, -0.2) is 41.0 Å². The minimum atomic E-state index is 0. The van der Waals surface area contributed by atoms with Gasteiger partial charge in [-0.1, -0.05) is 19.3 Å². The number of hydrogen-bond donors (Lipinski definition) is 0. The summed E-state index contributed by atoms with van der Waals surface area (Å²) in [6, 6.07) is 12.4. The smallest absolute Gasteiger partial charge is 1.00 e. The van der Waals surface area contributed by atoms with Crippen LogP contribution in [0.1, 0.15) is 37.7 Å². The van der Waals surface area contributed by atoms with Gasteiger partial charge in [0.25, 0.3) is 0 Å². The predicted molar refractivity (Wildman–Crippen MR) is 69.4 cm³/mol. The topological polar surface area (TPSA) is 3.24 Å². The summed E-state index contributed by atoms with van der Waals surface area (Å²) in [5.74, 6) is 0. The Bertz CT molecular complexity index is 286. The largest absolute Gasteiger partial charge is 2.00 e. The molecule has 1 nitrogen and oxygen atoms in total. The van der Waals surface area contributed by atoms with Gasteiger partial charge in [-0.05, 0) is 19.9 Å². The maximum Gasteiger partial charge on any atom is 2.00 e. The van der Waals surface area contributed by atoms with Gasteiger partial charge in [0, 0.05) is 12.6 Å². The van der Waals surface area contributed by atoms with Gasteiger partial charge in [-0.3, -0.25) is 0 Å². The van der Waals surface area contributed by atoms with E-state index in [2.05, 4.69) is 30.1 Å². The summed E-state index contributed by atoms with van der Waals surface area (Å²) in [4.78, 5) is 2.49. The standard InChI is InChI=1S/C14H20N.BrH.Mg/c1-15(14-10-6-3-7-11-14)12-13-8-4-2-5-9-13;;/h2,4-5,8,14H,3,6-7,10-12H2,1H3;1H;/q-1;;+2/p-1. The third-order valence-electron chi connectivity index (χ3n) is 3.39. The summed E-state index contributed by atoms with van der Waals surface area (Å²) in [5.41, 5.74) is 1.31. The van der Waals surface area contributed by atoms with Crippen molar-refractivity contribution in [3.63, 3.8) is 0 Å². The van der Waals surface area contributed by atoms with Crippen molar-refractivity contribution >= 4 is 23.1 Å².